The van der Waals surface area contributed by atoms with Crippen molar-refractivity contribution in [2.75, 3.05) is 6.61 Å². The van der Waals surface area contributed by atoms with E-state index in [0.717, 1.165) is 32.3 Å². The molecule has 134 valence electrons. The number of hydrogen-bond donors (Lipinski definition) is 0. The third-order valence-corrected chi connectivity index (χ3v) is 5.26. The maximum Gasteiger partial charge on any atom is 0.284 e. The highest BCUT2D eigenvalue weighted by atomic mass is 79.9. The molecule has 3 rings (SSSR count). The van der Waals surface area contributed by atoms with Crippen LogP contribution >= 0.6 is 31.9 Å². The van der Waals surface area contributed by atoms with E-state index in [1.807, 2.05) is 50.2 Å². The first-order chi connectivity index (χ1) is 12.5. The highest BCUT2D eigenvalue weighted by molar-refractivity contribution is 9.11. The summed E-state index contributed by atoms with van der Waals surface area (Å²) in [5, 5.41) is 4.42. The molecular formula is C20H18Br2N2O2. The zero-order valence-corrected chi connectivity index (χ0v) is 17.7. The van der Waals surface area contributed by atoms with Crippen LogP contribution in [0.5, 0.6) is 5.75 Å². The summed E-state index contributed by atoms with van der Waals surface area (Å²) in [7, 11) is 0. The number of ether oxygens (including phenoxy) is 1. The van der Waals surface area contributed by atoms with Gasteiger partial charge in [-0.05, 0) is 53.5 Å². The van der Waals surface area contributed by atoms with Crippen molar-refractivity contribution in [3.8, 4) is 5.75 Å². The predicted octanol–water partition coefficient (Wildman–Crippen LogP) is 5.33. The maximum atomic E-state index is 12.6. The fraction of sp³-hybridized carbons (Fsp3) is 0.200. The summed E-state index contributed by atoms with van der Waals surface area (Å²) in [5.74, 6) is 0.423. The second kappa shape index (κ2) is 8.18. The van der Waals surface area contributed by atoms with E-state index < -0.39 is 0 Å². The summed E-state index contributed by atoms with van der Waals surface area (Å²) in [4.78, 5) is 12.6. The van der Waals surface area contributed by atoms with Crippen LogP contribution in [0, 0.1) is 13.8 Å². The molecule has 0 unspecified atom stereocenters. The molecule has 4 nitrogen and oxygen atoms in total. The number of hydrogen-bond acceptors (Lipinski definition) is 3. The third kappa shape index (κ3) is 4.24. The van der Waals surface area contributed by atoms with E-state index in [1.54, 1.807) is 0 Å². The van der Waals surface area contributed by atoms with E-state index in [2.05, 4.69) is 49.1 Å². The lowest BCUT2D eigenvalue weighted by atomic mass is 10.0. The Balaban J connectivity index is 1.74. The Kier molecular flexibility index (Phi) is 5.94. The summed E-state index contributed by atoms with van der Waals surface area (Å²) in [5.41, 5.74) is 3.99. The molecule has 0 aliphatic rings. The molecular weight excluding hydrogens is 460 g/mol. The summed E-state index contributed by atoms with van der Waals surface area (Å²) >= 11 is 6.83. The summed E-state index contributed by atoms with van der Waals surface area (Å²) in [6, 6.07) is 15.7. The quantitative estimate of drug-likeness (QED) is 0.498. The van der Waals surface area contributed by atoms with Crippen molar-refractivity contribution >= 4 is 37.8 Å². The molecule has 3 aromatic rings. The third-order valence-electron chi connectivity index (χ3n) is 4.15. The van der Waals surface area contributed by atoms with Crippen molar-refractivity contribution in [3.63, 3.8) is 0 Å². The molecule has 26 heavy (non-hydrogen) atoms. The lowest BCUT2D eigenvalue weighted by Crippen LogP contribution is -2.22. The average molecular weight is 478 g/mol. The largest absolute Gasteiger partial charge is 0.482 e. The van der Waals surface area contributed by atoms with Gasteiger partial charge in [-0.3, -0.25) is 4.79 Å². The van der Waals surface area contributed by atoms with Crippen molar-refractivity contribution in [1.29, 1.82) is 0 Å². The number of halogens is 2. The van der Waals surface area contributed by atoms with Gasteiger partial charge in [-0.15, -0.1) is 0 Å². The maximum absolute atomic E-state index is 12.6. The lowest BCUT2D eigenvalue weighted by molar-refractivity contribution is 0.0817. The van der Waals surface area contributed by atoms with Crippen molar-refractivity contribution in [2.24, 2.45) is 0 Å². The van der Waals surface area contributed by atoms with Crippen molar-refractivity contribution in [1.82, 2.24) is 9.78 Å². The Morgan fingerprint density at radius 3 is 2.54 bits per heavy atom. The molecule has 0 bridgehead atoms. The predicted molar refractivity (Wildman–Crippen MR) is 109 cm³/mol. The lowest BCUT2D eigenvalue weighted by Gasteiger charge is -2.09. The molecule has 0 atom stereocenters. The molecule has 2 aromatic carbocycles. The first kappa shape index (κ1) is 18.9. The molecule has 1 heterocycles. The Hall–Kier alpha value is -1.92. The minimum absolute atomic E-state index is 0.0764. The zero-order valence-electron chi connectivity index (χ0n) is 14.5. The van der Waals surface area contributed by atoms with Crippen LogP contribution in [-0.2, 0) is 6.42 Å². The van der Waals surface area contributed by atoms with Crippen molar-refractivity contribution in [2.45, 2.75) is 20.3 Å². The number of nitrogens with zero attached hydrogens (tertiary/aromatic N) is 2. The van der Waals surface area contributed by atoms with Crippen LogP contribution < -0.4 is 4.74 Å². The molecule has 0 radical (unpaired) electrons. The van der Waals surface area contributed by atoms with E-state index >= 15 is 0 Å². The van der Waals surface area contributed by atoms with Gasteiger partial charge in [0.1, 0.15) is 5.75 Å². The molecule has 0 aliphatic carbocycles. The molecule has 0 spiro atoms. The molecule has 0 fully saturated rings. The minimum atomic E-state index is -0.195. The molecule has 0 N–H and O–H groups in total. The Morgan fingerprint density at radius 2 is 1.85 bits per heavy atom. The Bertz CT molecular complexity index is 936. The number of carbonyl (C=O) groups is 1. The van der Waals surface area contributed by atoms with Gasteiger partial charge in [0, 0.05) is 22.2 Å². The van der Waals surface area contributed by atoms with Gasteiger partial charge in [-0.25, -0.2) is 4.68 Å². The summed E-state index contributed by atoms with van der Waals surface area (Å²) in [6.45, 7) is 3.78. The minimum Gasteiger partial charge on any atom is -0.482 e. The van der Waals surface area contributed by atoms with Crippen molar-refractivity contribution < 1.29 is 9.53 Å². The van der Waals surface area contributed by atoms with E-state index in [4.69, 9.17) is 4.74 Å². The number of aromatic nitrogens is 2. The molecule has 1 aromatic heterocycles. The van der Waals surface area contributed by atoms with Crippen LogP contribution in [0.4, 0.5) is 0 Å². The number of rotatable bonds is 5. The number of aryl methyl sites for hydroxylation is 1. The smallest absolute Gasteiger partial charge is 0.284 e. The second-order valence-electron chi connectivity index (χ2n) is 5.98. The SMILES string of the molecule is Cc1nn(C(=O)COc2ccc(Br)cc2Br)c(C)c1Cc1ccccc1. The van der Waals surface area contributed by atoms with Gasteiger partial charge in [-0.1, -0.05) is 46.3 Å². The Morgan fingerprint density at radius 1 is 1.12 bits per heavy atom. The molecule has 0 aliphatic heterocycles. The topological polar surface area (TPSA) is 44.1 Å². The van der Waals surface area contributed by atoms with Gasteiger partial charge in [0.15, 0.2) is 6.61 Å². The Labute approximate surface area is 169 Å². The molecule has 0 saturated carbocycles. The average Bonchev–Trinajstić information content (AvgIpc) is 2.90. The van der Waals surface area contributed by atoms with Gasteiger partial charge < -0.3 is 4.74 Å². The van der Waals surface area contributed by atoms with Gasteiger partial charge in [0.25, 0.3) is 5.91 Å². The number of benzene rings is 2. The first-order valence-electron chi connectivity index (χ1n) is 8.16. The standard InChI is InChI=1S/C20H18Br2N2O2/c1-13-17(10-15-6-4-3-5-7-15)14(2)24(23-13)20(25)12-26-19-9-8-16(21)11-18(19)22/h3-9,11H,10,12H2,1-2H3. The monoisotopic (exact) mass is 476 g/mol. The first-order valence-corrected chi connectivity index (χ1v) is 9.74. The molecule has 0 amide bonds. The highest BCUT2D eigenvalue weighted by Gasteiger charge is 2.17. The fourth-order valence-corrected chi connectivity index (χ4v) is 3.93. The normalized spacial score (nSPS) is 10.8. The van der Waals surface area contributed by atoms with Crippen LogP contribution in [0.3, 0.4) is 0 Å². The van der Waals surface area contributed by atoms with Gasteiger partial charge in [0.2, 0.25) is 0 Å². The van der Waals surface area contributed by atoms with Crippen LogP contribution in [0.15, 0.2) is 57.5 Å². The van der Waals surface area contributed by atoms with E-state index in [1.165, 1.54) is 10.2 Å². The van der Waals surface area contributed by atoms with E-state index in [0.29, 0.717) is 5.75 Å². The summed E-state index contributed by atoms with van der Waals surface area (Å²) < 4.78 is 8.82. The van der Waals surface area contributed by atoms with E-state index in [9.17, 15) is 4.79 Å². The van der Waals surface area contributed by atoms with Gasteiger partial charge in [0.05, 0.1) is 10.2 Å². The number of carbonyl (C=O) groups excluding carboxylic acids is 1. The second-order valence-corrected chi connectivity index (χ2v) is 7.75. The van der Waals surface area contributed by atoms with Crippen LogP contribution in [0.1, 0.15) is 27.3 Å². The highest BCUT2D eigenvalue weighted by Crippen LogP contribution is 2.28. The summed E-state index contributed by atoms with van der Waals surface area (Å²) in [6.07, 6.45) is 0.755. The van der Waals surface area contributed by atoms with E-state index in [-0.39, 0.29) is 12.5 Å². The van der Waals surface area contributed by atoms with Crippen LogP contribution in [0.2, 0.25) is 0 Å². The zero-order chi connectivity index (χ0) is 18.7. The van der Waals surface area contributed by atoms with Crippen LogP contribution in [-0.4, -0.2) is 22.3 Å². The van der Waals surface area contributed by atoms with Crippen molar-refractivity contribution in [3.05, 3.63) is 80.0 Å². The fourth-order valence-electron chi connectivity index (χ4n) is 2.77. The molecule has 0 saturated heterocycles. The van der Waals surface area contributed by atoms with Gasteiger partial charge in [-0.2, -0.15) is 5.10 Å². The van der Waals surface area contributed by atoms with Gasteiger partial charge >= 0.3 is 0 Å². The van der Waals surface area contributed by atoms with Crippen LogP contribution in [0.25, 0.3) is 0 Å². The molecule has 6 heteroatoms.